The number of para-hydroxylation sites is 1. The van der Waals surface area contributed by atoms with Crippen molar-refractivity contribution in [2.75, 3.05) is 0 Å². The van der Waals surface area contributed by atoms with Gasteiger partial charge in [-0.25, -0.2) is 0 Å². The maximum Gasteiger partial charge on any atom is 0.136 e. The number of furan rings is 1. The zero-order valence-electron chi connectivity index (χ0n) is 23.4. The minimum atomic E-state index is 0.916. The Labute approximate surface area is 249 Å². The number of hydrogen-bond donors (Lipinski definition) is 0. The highest BCUT2D eigenvalue weighted by molar-refractivity contribution is 6.22. The maximum absolute atomic E-state index is 6.23. The van der Waals surface area contributed by atoms with Crippen LogP contribution in [0.5, 0.6) is 0 Å². The molecule has 200 valence electrons. The van der Waals surface area contributed by atoms with Crippen molar-refractivity contribution in [3.8, 4) is 33.4 Å². The Bertz CT molecular complexity index is 2460. The van der Waals surface area contributed by atoms with Gasteiger partial charge in [-0.2, -0.15) is 0 Å². The lowest BCUT2D eigenvalue weighted by atomic mass is 9.85. The summed E-state index contributed by atoms with van der Waals surface area (Å²) in [6, 6.07) is 56.9. The Morgan fingerprint density at radius 2 is 0.791 bits per heavy atom. The summed E-state index contributed by atoms with van der Waals surface area (Å²) in [6.07, 6.45) is 0. The zero-order valence-corrected chi connectivity index (χ0v) is 23.4. The van der Waals surface area contributed by atoms with Crippen LogP contribution in [0.4, 0.5) is 0 Å². The van der Waals surface area contributed by atoms with Crippen molar-refractivity contribution in [2.45, 2.75) is 0 Å². The van der Waals surface area contributed by atoms with E-state index in [9.17, 15) is 0 Å². The van der Waals surface area contributed by atoms with Gasteiger partial charge in [0.05, 0.1) is 0 Å². The lowest BCUT2D eigenvalue weighted by Gasteiger charge is -2.18. The van der Waals surface area contributed by atoms with Crippen molar-refractivity contribution in [3.05, 3.63) is 158 Å². The molecule has 0 radical (unpaired) electrons. The Hall–Kier alpha value is -5.66. The molecule has 0 saturated carbocycles. The van der Waals surface area contributed by atoms with Crippen LogP contribution in [0.3, 0.4) is 0 Å². The first-order valence-corrected chi connectivity index (χ1v) is 14.8. The van der Waals surface area contributed by atoms with E-state index in [-0.39, 0.29) is 0 Å². The van der Waals surface area contributed by atoms with E-state index in [2.05, 4.69) is 146 Å². The summed E-state index contributed by atoms with van der Waals surface area (Å²) in [4.78, 5) is 0. The molecule has 1 heterocycles. The van der Waals surface area contributed by atoms with Crippen molar-refractivity contribution in [1.29, 1.82) is 0 Å². The average molecular weight is 547 g/mol. The number of hydrogen-bond acceptors (Lipinski definition) is 1. The van der Waals surface area contributed by atoms with Crippen LogP contribution < -0.4 is 0 Å². The van der Waals surface area contributed by atoms with Gasteiger partial charge in [0.25, 0.3) is 0 Å². The standard InChI is InChI=1S/C42H26O/c1-2-11-28-24-32(21-20-27(28)10-1)42-37-17-5-3-15-35(37)41(36-16-4-6-18-38(36)42)31-13-9-12-29(25-31)30-22-23-34-33-14-7-8-19-39(33)43-40(34)26-30/h1-26H. The van der Waals surface area contributed by atoms with E-state index >= 15 is 0 Å². The van der Waals surface area contributed by atoms with Crippen molar-refractivity contribution in [2.24, 2.45) is 0 Å². The van der Waals surface area contributed by atoms with Crippen LogP contribution in [0.15, 0.2) is 162 Å². The van der Waals surface area contributed by atoms with Gasteiger partial charge in [-0.15, -0.1) is 0 Å². The molecule has 1 heteroatoms. The normalized spacial score (nSPS) is 11.7. The Morgan fingerprint density at radius 3 is 1.51 bits per heavy atom. The molecule has 0 aliphatic rings. The summed E-state index contributed by atoms with van der Waals surface area (Å²) in [7, 11) is 0. The SMILES string of the molecule is c1cc(-c2ccc3c(c2)oc2ccccc23)cc(-c2c3ccccc3c(-c3ccc4ccccc4c3)c3ccccc23)c1. The molecule has 0 amide bonds. The number of rotatable bonds is 3. The summed E-state index contributed by atoms with van der Waals surface area (Å²) < 4.78 is 6.23. The van der Waals surface area contributed by atoms with Gasteiger partial charge in [0.1, 0.15) is 11.2 Å². The molecule has 0 atom stereocenters. The van der Waals surface area contributed by atoms with E-state index in [0.717, 1.165) is 27.5 Å². The molecule has 8 aromatic carbocycles. The van der Waals surface area contributed by atoms with Crippen molar-refractivity contribution < 1.29 is 4.42 Å². The molecule has 9 aromatic rings. The predicted octanol–water partition coefficient (Wildman–Crippen LogP) is 12.0. The van der Waals surface area contributed by atoms with Gasteiger partial charge in [0.15, 0.2) is 0 Å². The van der Waals surface area contributed by atoms with Gasteiger partial charge in [-0.05, 0) is 96.0 Å². The second-order valence-electron chi connectivity index (χ2n) is 11.3. The van der Waals surface area contributed by atoms with Gasteiger partial charge in [0.2, 0.25) is 0 Å². The third-order valence-corrected chi connectivity index (χ3v) is 8.83. The molecule has 1 nitrogen and oxygen atoms in total. The molecule has 0 saturated heterocycles. The van der Waals surface area contributed by atoms with Crippen molar-refractivity contribution in [3.63, 3.8) is 0 Å². The third kappa shape index (κ3) is 3.79. The second kappa shape index (κ2) is 9.44. The molecule has 0 unspecified atom stereocenters. The van der Waals surface area contributed by atoms with Crippen LogP contribution >= 0.6 is 0 Å². The quantitative estimate of drug-likeness (QED) is 0.201. The monoisotopic (exact) mass is 546 g/mol. The molecule has 0 aliphatic carbocycles. The summed E-state index contributed by atoms with van der Waals surface area (Å²) >= 11 is 0. The fourth-order valence-electron chi connectivity index (χ4n) is 6.85. The van der Waals surface area contributed by atoms with Crippen LogP contribution in [-0.4, -0.2) is 0 Å². The molecule has 0 bridgehead atoms. The molecular formula is C42H26O. The topological polar surface area (TPSA) is 13.1 Å². The van der Waals surface area contributed by atoms with Crippen LogP contribution in [-0.2, 0) is 0 Å². The number of fused-ring (bicyclic) bond motifs is 6. The molecule has 0 N–H and O–H groups in total. The van der Waals surface area contributed by atoms with E-state index in [1.54, 1.807) is 0 Å². The Kier molecular flexibility index (Phi) is 5.27. The van der Waals surface area contributed by atoms with Crippen LogP contribution in [0.25, 0.3) is 87.6 Å². The van der Waals surface area contributed by atoms with E-state index in [4.69, 9.17) is 4.42 Å². The zero-order chi connectivity index (χ0) is 28.3. The highest BCUT2D eigenvalue weighted by Gasteiger charge is 2.17. The van der Waals surface area contributed by atoms with Crippen LogP contribution in [0.1, 0.15) is 0 Å². The minimum Gasteiger partial charge on any atom is -0.456 e. The summed E-state index contributed by atoms with van der Waals surface area (Å²) in [5, 5.41) is 9.86. The van der Waals surface area contributed by atoms with Crippen LogP contribution in [0, 0.1) is 0 Å². The maximum atomic E-state index is 6.23. The summed E-state index contributed by atoms with van der Waals surface area (Å²) in [5.74, 6) is 0. The molecule has 1 aromatic heterocycles. The molecule has 0 fully saturated rings. The first kappa shape index (κ1) is 24.0. The van der Waals surface area contributed by atoms with Crippen molar-refractivity contribution >= 4 is 54.3 Å². The fraction of sp³-hybridized carbons (Fsp3) is 0. The first-order chi connectivity index (χ1) is 21.3. The largest absolute Gasteiger partial charge is 0.456 e. The first-order valence-electron chi connectivity index (χ1n) is 14.8. The van der Waals surface area contributed by atoms with Crippen LogP contribution in [0.2, 0.25) is 0 Å². The molecular weight excluding hydrogens is 520 g/mol. The third-order valence-electron chi connectivity index (χ3n) is 8.83. The van der Waals surface area contributed by atoms with E-state index in [0.29, 0.717) is 0 Å². The molecule has 43 heavy (non-hydrogen) atoms. The van der Waals surface area contributed by atoms with Gasteiger partial charge < -0.3 is 4.42 Å². The summed E-state index contributed by atoms with van der Waals surface area (Å²) in [6.45, 7) is 0. The molecule has 9 rings (SSSR count). The van der Waals surface area contributed by atoms with Gasteiger partial charge in [0, 0.05) is 10.8 Å². The second-order valence-corrected chi connectivity index (χ2v) is 11.3. The smallest absolute Gasteiger partial charge is 0.136 e. The lowest BCUT2D eigenvalue weighted by molar-refractivity contribution is 0.669. The Balaban J connectivity index is 1.27. The van der Waals surface area contributed by atoms with Gasteiger partial charge in [-0.3, -0.25) is 0 Å². The highest BCUT2D eigenvalue weighted by atomic mass is 16.3. The van der Waals surface area contributed by atoms with E-state index in [1.807, 2.05) is 12.1 Å². The van der Waals surface area contributed by atoms with Gasteiger partial charge >= 0.3 is 0 Å². The lowest BCUT2D eigenvalue weighted by Crippen LogP contribution is -1.91. The molecule has 0 aliphatic heterocycles. The van der Waals surface area contributed by atoms with E-state index in [1.165, 1.54) is 60.1 Å². The summed E-state index contributed by atoms with van der Waals surface area (Å²) in [5.41, 5.74) is 9.16. The average Bonchev–Trinajstić information content (AvgIpc) is 3.45. The van der Waals surface area contributed by atoms with E-state index < -0.39 is 0 Å². The number of benzene rings is 8. The molecule has 0 spiro atoms. The highest BCUT2D eigenvalue weighted by Crippen LogP contribution is 2.44. The predicted molar refractivity (Wildman–Crippen MR) is 183 cm³/mol. The fourth-order valence-corrected chi connectivity index (χ4v) is 6.85. The van der Waals surface area contributed by atoms with Gasteiger partial charge in [-0.1, -0.05) is 127 Å². The minimum absolute atomic E-state index is 0.916. The Morgan fingerprint density at radius 1 is 0.279 bits per heavy atom. The van der Waals surface area contributed by atoms with Crippen molar-refractivity contribution in [1.82, 2.24) is 0 Å².